The predicted molar refractivity (Wildman–Crippen MR) is 94.5 cm³/mol. The van der Waals surface area contributed by atoms with Crippen molar-refractivity contribution >= 4 is 5.91 Å². The maximum Gasteiger partial charge on any atom is 0.257 e. The fourth-order valence-electron chi connectivity index (χ4n) is 3.25. The molecule has 0 spiro atoms. The Morgan fingerprint density at radius 3 is 2.69 bits per heavy atom. The van der Waals surface area contributed by atoms with Gasteiger partial charge in [0, 0.05) is 26.3 Å². The lowest BCUT2D eigenvalue weighted by molar-refractivity contribution is -0.0163. The van der Waals surface area contributed by atoms with Crippen molar-refractivity contribution < 1.29 is 19.0 Å². The van der Waals surface area contributed by atoms with Crippen molar-refractivity contribution in [2.75, 3.05) is 19.7 Å². The van der Waals surface area contributed by atoms with Crippen LogP contribution in [0.2, 0.25) is 0 Å². The lowest BCUT2D eigenvalue weighted by Gasteiger charge is -2.27. The fourth-order valence-corrected chi connectivity index (χ4v) is 3.25. The summed E-state index contributed by atoms with van der Waals surface area (Å²) >= 11 is 0. The molecule has 1 N–H and O–H groups in total. The van der Waals surface area contributed by atoms with Gasteiger partial charge in [-0.15, -0.1) is 0 Å². The Labute approximate surface area is 152 Å². The molecule has 1 fully saturated rings. The number of rotatable bonds is 4. The van der Waals surface area contributed by atoms with Crippen LogP contribution >= 0.6 is 0 Å². The summed E-state index contributed by atoms with van der Waals surface area (Å²) in [5, 5.41) is 15.1. The van der Waals surface area contributed by atoms with Crippen LogP contribution in [-0.2, 0) is 7.05 Å². The predicted octanol–water partition coefficient (Wildman–Crippen LogP) is 2.30. The molecule has 0 saturated carbocycles. The third-order valence-corrected chi connectivity index (χ3v) is 4.77. The Balaban J connectivity index is 1.60. The van der Waals surface area contributed by atoms with Crippen LogP contribution in [-0.4, -0.2) is 51.0 Å². The molecule has 3 rings (SSSR count). The van der Waals surface area contributed by atoms with Gasteiger partial charge in [-0.2, -0.15) is 5.10 Å². The van der Waals surface area contributed by atoms with E-state index in [0.717, 1.165) is 0 Å². The minimum Gasteiger partial charge on any atom is -0.491 e. The van der Waals surface area contributed by atoms with Crippen molar-refractivity contribution in [1.82, 2.24) is 14.7 Å². The van der Waals surface area contributed by atoms with Gasteiger partial charge in [0.05, 0.1) is 11.3 Å². The summed E-state index contributed by atoms with van der Waals surface area (Å²) in [6.07, 6.45) is 3.39. The molecule has 7 heteroatoms. The zero-order valence-corrected chi connectivity index (χ0v) is 15.1. The number of aliphatic hydroxyl groups is 1. The normalized spacial score (nSPS) is 20.7. The van der Waals surface area contributed by atoms with Crippen LogP contribution in [0.25, 0.3) is 0 Å². The molecule has 1 aliphatic heterocycles. The second-order valence-corrected chi connectivity index (χ2v) is 6.91. The molecular formula is C19H24FN3O3. The van der Waals surface area contributed by atoms with E-state index in [1.165, 1.54) is 24.3 Å². The van der Waals surface area contributed by atoms with E-state index in [1.807, 2.05) is 6.92 Å². The van der Waals surface area contributed by atoms with E-state index in [2.05, 4.69) is 5.10 Å². The Morgan fingerprint density at radius 1 is 1.31 bits per heavy atom. The van der Waals surface area contributed by atoms with Gasteiger partial charge in [0.15, 0.2) is 0 Å². The molecule has 1 amide bonds. The van der Waals surface area contributed by atoms with Crippen molar-refractivity contribution in [3.05, 3.63) is 47.5 Å². The lowest BCUT2D eigenvalue weighted by Crippen LogP contribution is -2.38. The van der Waals surface area contributed by atoms with E-state index >= 15 is 0 Å². The number of nitrogens with zero attached hydrogens (tertiary/aromatic N) is 3. The lowest BCUT2D eigenvalue weighted by atomic mass is 9.96. The minimum absolute atomic E-state index is 0.0562. The van der Waals surface area contributed by atoms with Crippen LogP contribution in [0, 0.1) is 12.7 Å². The standard InChI is InChI=1S/C19H24FN3O3/c1-14-17(12-22(2)21-14)18(24)23-10-3-8-19(25,9-11-23)13-26-16-6-4-15(20)5-7-16/h4-7,12,25H,3,8-11,13H2,1-2H3. The van der Waals surface area contributed by atoms with E-state index in [9.17, 15) is 14.3 Å². The summed E-state index contributed by atoms with van der Waals surface area (Å²) < 4.78 is 20.2. The zero-order chi connectivity index (χ0) is 18.7. The number of benzene rings is 1. The van der Waals surface area contributed by atoms with Crippen LogP contribution in [0.1, 0.15) is 35.3 Å². The summed E-state index contributed by atoms with van der Waals surface area (Å²) in [6.45, 7) is 2.98. The molecule has 1 aromatic carbocycles. The van der Waals surface area contributed by atoms with Crippen LogP contribution in [0.4, 0.5) is 4.39 Å². The van der Waals surface area contributed by atoms with Crippen LogP contribution in [0.3, 0.4) is 0 Å². The Kier molecular flexibility index (Phi) is 5.27. The molecule has 6 nitrogen and oxygen atoms in total. The second kappa shape index (κ2) is 7.45. The first kappa shape index (κ1) is 18.4. The van der Waals surface area contributed by atoms with Crippen LogP contribution < -0.4 is 4.74 Å². The Morgan fingerprint density at radius 2 is 2.04 bits per heavy atom. The highest BCUT2D eigenvalue weighted by Gasteiger charge is 2.33. The maximum atomic E-state index is 13.0. The minimum atomic E-state index is -1.01. The first-order chi connectivity index (χ1) is 12.4. The average Bonchev–Trinajstić information content (AvgIpc) is 2.83. The van der Waals surface area contributed by atoms with Gasteiger partial charge in [0.1, 0.15) is 23.8 Å². The highest BCUT2D eigenvalue weighted by Crippen LogP contribution is 2.25. The number of likely N-dealkylation sites (tertiary alicyclic amines) is 1. The van der Waals surface area contributed by atoms with Gasteiger partial charge in [0.25, 0.3) is 5.91 Å². The molecule has 1 aromatic heterocycles. The summed E-state index contributed by atoms with van der Waals surface area (Å²) in [4.78, 5) is 14.5. The van der Waals surface area contributed by atoms with Gasteiger partial charge in [-0.1, -0.05) is 0 Å². The SMILES string of the molecule is Cc1nn(C)cc1C(=O)N1CCCC(O)(COc2ccc(F)cc2)CC1. The van der Waals surface area contributed by atoms with Crippen molar-refractivity contribution in [2.24, 2.45) is 7.05 Å². The molecule has 0 radical (unpaired) electrons. The van der Waals surface area contributed by atoms with Gasteiger partial charge in [0.2, 0.25) is 0 Å². The van der Waals surface area contributed by atoms with Crippen LogP contribution in [0.15, 0.2) is 30.5 Å². The molecule has 26 heavy (non-hydrogen) atoms. The van der Waals surface area contributed by atoms with Crippen molar-refractivity contribution in [3.63, 3.8) is 0 Å². The molecule has 1 unspecified atom stereocenters. The number of aryl methyl sites for hydroxylation is 2. The third kappa shape index (κ3) is 4.22. The largest absolute Gasteiger partial charge is 0.491 e. The summed E-state index contributed by atoms with van der Waals surface area (Å²) in [7, 11) is 1.79. The zero-order valence-electron chi connectivity index (χ0n) is 15.1. The summed E-state index contributed by atoms with van der Waals surface area (Å²) in [5.74, 6) is 0.132. The molecule has 140 valence electrons. The van der Waals surface area contributed by atoms with Crippen molar-refractivity contribution in [2.45, 2.75) is 31.8 Å². The van der Waals surface area contributed by atoms with E-state index in [1.54, 1.807) is 22.8 Å². The summed E-state index contributed by atoms with van der Waals surface area (Å²) in [5.41, 5.74) is 0.296. The Bertz CT molecular complexity index is 775. The quantitative estimate of drug-likeness (QED) is 0.907. The average molecular weight is 361 g/mol. The van der Waals surface area contributed by atoms with Gasteiger partial charge in [-0.05, 0) is 50.5 Å². The van der Waals surface area contributed by atoms with Crippen LogP contribution in [0.5, 0.6) is 5.75 Å². The number of carbonyl (C=O) groups is 1. The highest BCUT2D eigenvalue weighted by molar-refractivity contribution is 5.95. The number of ether oxygens (including phenoxy) is 1. The molecule has 2 aromatic rings. The molecular weight excluding hydrogens is 337 g/mol. The van der Waals surface area contributed by atoms with Gasteiger partial charge >= 0.3 is 0 Å². The monoisotopic (exact) mass is 361 g/mol. The van der Waals surface area contributed by atoms with Crippen molar-refractivity contribution in [3.8, 4) is 5.75 Å². The third-order valence-electron chi connectivity index (χ3n) is 4.77. The van der Waals surface area contributed by atoms with Gasteiger partial charge in [-0.3, -0.25) is 9.48 Å². The van der Waals surface area contributed by atoms with Gasteiger partial charge < -0.3 is 14.7 Å². The molecule has 0 aliphatic carbocycles. The van der Waals surface area contributed by atoms with E-state index in [-0.39, 0.29) is 18.3 Å². The molecule has 0 bridgehead atoms. The number of aromatic nitrogens is 2. The number of hydrogen-bond acceptors (Lipinski definition) is 4. The molecule has 1 atom stereocenters. The molecule has 2 heterocycles. The fraction of sp³-hybridized carbons (Fsp3) is 0.474. The smallest absolute Gasteiger partial charge is 0.257 e. The van der Waals surface area contributed by atoms with E-state index < -0.39 is 5.60 Å². The summed E-state index contributed by atoms with van der Waals surface area (Å²) in [6, 6.07) is 5.72. The first-order valence-electron chi connectivity index (χ1n) is 8.77. The number of hydrogen-bond donors (Lipinski definition) is 1. The highest BCUT2D eigenvalue weighted by atomic mass is 19.1. The molecule has 1 saturated heterocycles. The maximum absolute atomic E-state index is 13.0. The van der Waals surface area contributed by atoms with Gasteiger partial charge in [-0.25, -0.2) is 4.39 Å². The number of amides is 1. The topological polar surface area (TPSA) is 67.6 Å². The van der Waals surface area contributed by atoms with E-state index in [0.29, 0.717) is 49.4 Å². The van der Waals surface area contributed by atoms with Crippen molar-refractivity contribution in [1.29, 1.82) is 0 Å². The van der Waals surface area contributed by atoms with E-state index in [4.69, 9.17) is 4.74 Å². The Hall–Kier alpha value is -2.41. The second-order valence-electron chi connectivity index (χ2n) is 6.91. The number of carbonyl (C=O) groups excluding carboxylic acids is 1. The number of halogens is 1. The first-order valence-corrected chi connectivity index (χ1v) is 8.77. The molecule has 1 aliphatic rings.